The molecule has 0 aromatic heterocycles. The van der Waals surface area contributed by atoms with Crippen molar-refractivity contribution in [2.45, 2.75) is 32.7 Å². The summed E-state index contributed by atoms with van der Waals surface area (Å²) in [7, 11) is 0. The predicted octanol–water partition coefficient (Wildman–Crippen LogP) is 1.47. The van der Waals surface area contributed by atoms with Gasteiger partial charge in [0.2, 0.25) is 0 Å². The summed E-state index contributed by atoms with van der Waals surface area (Å²) < 4.78 is 5.20. The minimum Gasteiger partial charge on any atom is -0.394 e. The molecule has 1 aliphatic rings. The Balaban J connectivity index is 2.11. The quantitative estimate of drug-likeness (QED) is 0.498. The zero-order valence-electron chi connectivity index (χ0n) is 9.11. The van der Waals surface area contributed by atoms with Gasteiger partial charge in [0.15, 0.2) is 6.40 Å². The molecule has 1 rings (SSSR count). The third kappa shape index (κ3) is 4.58. The number of morpholine rings is 1. The Labute approximate surface area is 85.9 Å². The lowest BCUT2D eigenvalue weighted by Crippen LogP contribution is -2.36. The van der Waals surface area contributed by atoms with Gasteiger partial charge in [-0.05, 0) is 13.3 Å². The van der Waals surface area contributed by atoms with Crippen molar-refractivity contribution in [2.24, 2.45) is 4.99 Å². The SMILES string of the molecule is CCCC(C)N=CON1CCOCC1. The average molecular weight is 200 g/mol. The zero-order chi connectivity index (χ0) is 10.2. The molecular weight excluding hydrogens is 180 g/mol. The second kappa shape index (κ2) is 6.79. The smallest absolute Gasteiger partial charge is 0.196 e. The Morgan fingerprint density at radius 2 is 2.21 bits per heavy atom. The van der Waals surface area contributed by atoms with Crippen molar-refractivity contribution >= 4 is 6.40 Å². The Bertz CT molecular complexity index is 168. The molecule has 0 aromatic carbocycles. The first-order valence-corrected chi connectivity index (χ1v) is 5.34. The monoisotopic (exact) mass is 200 g/mol. The fourth-order valence-corrected chi connectivity index (χ4v) is 1.34. The highest BCUT2D eigenvalue weighted by atomic mass is 16.7. The number of hydrogen-bond donors (Lipinski definition) is 0. The van der Waals surface area contributed by atoms with Gasteiger partial charge in [-0.3, -0.25) is 4.99 Å². The Morgan fingerprint density at radius 1 is 1.50 bits per heavy atom. The van der Waals surface area contributed by atoms with Crippen LogP contribution in [0.5, 0.6) is 0 Å². The van der Waals surface area contributed by atoms with E-state index in [0.717, 1.165) is 39.1 Å². The lowest BCUT2D eigenvalue weighted by Gasteiger charge is -2.24. The van der Waals surface area contributed by atoms with Crippen LogP contribution in [0.2, 0.25) is 0 Å². The number of aliphatic imine (C=N–C) groups is 1. The molecule has 0 aliphatic carbocycles. The maximum Gasteiger partial charge on any atom is 0.196 e. The van der Waals surface area contributed by atoms with E-state index in [1.807, 2.05) is 5.06 Å². The lowest BCUT2D eigenvalue weighted by molar-refractivity contribution is -0.124. The molecule has 1 unspecified atom stereocenters. The van der Waals surface area contributed by atoms with Gasteiger partial charge in [0.25, 0.3) is 0 Å². The van der Waals surface area contributed by atoms with Crippen LogP contribution < -0.4 is 0 Å². The third-order valence-corrected chi connectivity index (χ3v) is 2.19. The highest BCUT2D eigenvalue weighted by Gasteiger charge is 2.09. The van der Waals surface area contributed by atoms with E-state index in [4.69, 9.17) is 9.57 Å². The molecule has 0 bridgehead atoms. The summed E-state index contributed by atoms with van der Waals surface area (Å²) in [6.07, 6.45) is 3.84. The molecule has 4 heteroatoms. The minimum atomic E-state index is 0.362. The van der Waals surface area contributed by atoms with Crippen LogP contribution in [0.1, 0.15) is 26.7 Å². The Kier molecular flexibility index (Phi) is 5.56. The van der Waals surface area contributed by atoms with Crippen molar-refractivity contribution in [1.29, 1.82) is 0 Å². The number of hydroxylamine groups is 2. The van der Waals surface area contributed by atoms with E-state index in [1.165, 1.54) is 0 Å². The van der Waals surface area contributed by atoms with Crippen LogP contribution in [-0.2, 0) is 9.57 Å². The summed E-state index contributed by atoms with van der Waals surface area (Å²) >= 11 is 0. The molecule has 1 atom stereocenters. The van der Waals surface area contributed by atoms with Crippen LogP contribution in [0.15, 0.2) is 4.99 Å². The van der Waals surface area contributed by atoms with Crippen LogP contribution in [0.25, 0.3) is 0 Å². The fraction of sp³-hybridized carbons (Fsp3) is 0.900. The summed E-state index contributed by atoms with van der Waals surface area (Å²) in [4.78, 5) is 9.64. The molecule has 1 saturated heterocycles. The second-order valence-corrected chi connectivity index (χ2v) is 3.54. The van der Waals surface area contributed by atoms with Crippen LogP contribution in [0, 0.1) is 0 Å². The highest BCUT2D eigenvalue weighted by Crippen LogP contribution is 2.00. The van der Waals surface area contributed by atoms with Crippen LogP contribution in [-0.4, -0.2) is 43.8 Å². The summed E-state index contributed by atoms with van der Waals surface area (Å²) in [5, 5.41) is 1.88. The van der Waals surface area contributed by atoms with E-state index >= 15 is 0 Å². The summed E-state index contributed by atoms with van der Waals surface area (Å²) in [6.45, 7) is 7.41. The molecule has 0 amide bonds. The van der Waals surface area contributed by atoms with Gasteiger partial charge in [-0.15, -0.1) is 5.06 Å². The van der Waals surface area contributed by atoms with E-state index in [-0.39, 0.29) is 0 Å². The van der Waals surface area contributed by atoms with Crippen LogP contribution >= 0.6 is 0 Å². The van der Waals surface area contributed by atoms with E-state index in [0.29, 0.717) is 6.04 Å². The normalized spacial score (nSPS) is 21.3. The van der Waals surface area contributed by atoms with Crippen molar-refractivity contribution in [1.82, 2.24) is 5.06 Å². The van der Waals surface area contributed by atoms with Gasteiger partial charge in [-0.1, -0.05) is 13.3 Å². The predicted molar refractivity (Wildman–Crippen MR) is 56.3 cm³/mol. The maximum atomic E-state index is 5.36. The number of hydrogen-bond acceptors (Lipinski definition) is 4. The fourth-order valence-electron chi connectivity index (χ4n) is 1.34. The lowest BCUT2D eigenvalue weighted by atomic mass is 10.2. The highest BCUT2D eigenvalue weighted by molar-refractivity contribution is 5.46. The molecule has 0 N–H and O–H groups in total. The third-order valence-electron chi connectivity index (χ3n) is 2.19. The van der Waals surface area contributed by atoms with Crippen molar-refractivity contribution in [3.05, 3.63) is 0 Å². The van der Waals surface area contributed by atoms with Crippen LogP contribution in [0.4, 0.5) is 0 Å². The van der Waals surface area contributed by atoms with Gasteiger partial charge < -0.3 is 9.57 Å². The Morgan fingerprint density at radius 3 is 2.86 bits per heavy atom. The topological polar surface area (TPSA) is 34.1 Å². The standard InChI is InChI=1S/C10H20N2O2/c1-3-4-10(2)11-9-14-12-5-7-13-8-6-12/h9-10H,3-8H2,1-2H3. The number of rotatable bonds is 5. The molecule has 82 valence electrons. The van der Waals surface area contributed by atoms with Crippen LogP contribution in [0.3, 0.4) is 0 Å². The summed E-state index contributed by atoms with van der Waals surface area (Å²) in [6, 6.07) is 0.362. The zero-order valence-corrected chi connectivity index (χ0v) is 9.11. The van der Waals surface area contributed by atoms with Crippen molar-refractivity contribution in [3.63, 3.8) is 0 Å². The average Bonchev–Trinajstić information content (AvgIpc) is 2.20. The molecule has 0 saturated carbocycles. The van der Waals surface area contributed by atoms with E-state index in [9.17, 15) is 0 Å². The molecule has 1 aliphatic heterocycles. The van der Waals surface area contributed by atoms with Gasteiger partial charge in [0.1, 0.15) is 0 Å². The Hall–Kier alpha value is -0.610. The minimum absolute atomic E-state index is 0.362. The first-order chi connectivity index (χ1) is 6.83. The van der Waals surface area contributed by atoms with Gasteiger partial charge >= 0.3 is 0 Å². The molecule has 0 aromatic rings. The molecule has 4 nitrogen and oxygen atoms in total. The number of nitrogens with zero attached hydrogens (tertiary/aromatic N) is 2. The molecule has 14 heavy (non-hydrogen) atoms. The molecule has 1 fully saturated rings. The van der Waals surface area contributed by atoms with Crippen molar-refractivity contribution in [2.75, 3.05) is 26.3 Å². The number of ether oxygens (including phenoxy) is 1. The van der Waals surface area contributed by atoms with Gasteiger partial charge in [-0.2, -0.15) is 0 Å². The van der Waals surface area contributed by atoms with E-state index in [2.05, 4.69) is 18.8 Å². The molecule has 0 spiro atoms. The summed E-state index contributed by atoms with van der Waals surface area (Å²) in [5.41, 5.74) is 0. The van der Waals surface area contributed by atoms with Gasteiger partial charge in [0, 0.05) is 0 Å². The van der Waals surface area contributed by atoms with Gasteiger partial charge in [-0.25, -0.2) is 0 Å². The molecule has 1 heterocycles. The summed E-state index contributed by atoms with van der Waals surface area (Å²) in [5.74, 6) is 0. The van der Waals surface area contributed by atoms with E-state index in [1.54, 1.807) is 6.40 Å². The van der Waals surface area contributed by atoms with Gasteiger partial charge in [0.05, 0.1) is 32.3 Å². The second-order valence-electron chi connectivity index (χ2n) is 3.54. The van der Waals surface area contributed by atoms with Crippen molar-refractivity contribution < 1.29 is 9.57 Å². The first-order valence-electron chi connectivity index (χ1n) is 5.34. The molecule has 0 radical (unpaired) electrons. The van der Waals surface area contributed by atoms with Crippen molar-refractivity contribution in [3.8, 4) is 0 Å². The van der Waals surface area contributed by atoms with E-state index < -0.39 is 0 Å². The first kappa shape index (κ1) is 11.5. The maximum absolute atomic E-state index is 5.36. The molecular formula is C10H20N2O2. The largest absolute Gasteiger partial charge is 0.394 e.